The van der Waals surface area contributed by atoms with Gasteiger partial charge < -0.3 is 19.5 Å². The minimum Gasteiger partial charge on any atom is -0.486 e. The van der Waals surface area contributed by atoms with Gasteiger partial charge in [0.05, 0.1) is 12.6 Å². The summed E-state index contributed by atoms with van der Waals surface area (Å²) >= 11 is 0. The second kappa shape index (κ2) is 8.23. The van der Waals surface area contributed by atoms with Gasteiger partial charge in [0.25, 0.3) is 0 Å². The zero-order valence-electron chi connectivity index (χ0n) is 15.2. The monoisotopic (exact) mass is 355 g/mol. The molecule has 2 aromatic rings. The molecule has 26 heavy (non-hydrogen) atoms. The molecule has 1 aliphatic heterocycles. The Labute approximate surface area is 154 Å². The fourth-order valence-electron chi connectivity index (χ4n) is 2.96. The third-order valence-electron chi connectivity index (χ3n) is 4.75. The van der Waals surface area contributed by atoms with Crippen molar-refractivity contribution >= 4 is 6.09 Å². The van der Waals surface area contributed by atoms with Gasteiger partial charge in [-0.15, -0.1) is 0 Å². The number of carbonyl (C=O) groups excluding carboxylic acids is 1. The minimum absolute atomic E-state index is 0.238. The van der Waals surface area contributed by atoms with Crippen LogP contribution >= 0.6 is 0 Å². The second-order valence-corrected chi connectivity index (χ2v) is 6.74. The van der Waals surface area contributed by atoms with Gasteiger partial charge in [0.2, 0.25) is 0 Å². The van der Waals surface area contributed by atoms with E-state index in [-0.39, 0.29) is 12.7 Å². The lowest BCUT2D eigenvalue weighted by atomic mass is 10.0. The lowest BCUT2D eigenvalue weighted by molar-refractivity contribution is -0.0245. The van der Waals surface area contributed by atoms with E-state index in [1.807, 2.05) is 62.4 Å². The molecule has 5 heteroatoms. The third kappa shape index (κ3) is 4.55. The topological polar surface area (TPSA) is 59.0 Å². The molecule has 1 fully saturated rings. The smallest absolute Gasteiger partial charge is 0.410 e. The molecule has 0 aromatic heterocycles. The molecule has 0 saturated carbocycles. The molecule has 1 saturated heterocycles. The summed E-state index contributed by atoms with van der Waals surface area (Å²) in [7, 11) is 0. The van der Waals surface area contributed by atoms with E-state index in [4.69, 9.17) is 9.47 Å². The van der Waals surface area contributed by atoms with Gasteiger partial charge in [-0.3, -0.25) is 0 Å². The standard InChI is InChI=1S/C21H25NO4/c1-15-8-9-18(12-16(15)2)26-20-13-22(11-10-19(20)23)21(24)25-14-17-6-4-3-5-7-17/h3-9,12,19-20,23H,10-11,13-14H2,1-2H3/t19-,20-/m0/s1. The lowest BCUT2D eigenvalue weighted by Crippen LogP contribution is -2.51. The van der Waals surface area contributed by atoms with Gasteiger partial charge >= 0.3 is 6.09 Å². The average Bonchev–Trinajstić information content (AvgIpc) is 2.65. The van der Waals surface area contributed by atoms with Crippen molar-refractivity contribution in [3.8, 4) is 5.75 Å². The number of piperidine rings is 1. The number of carbonyl (C=O) groups is 1. The number of likely N-dealkylation sites (tertiary alicyclic amines) is 1. The van der Waals surface area contributed by atoms with Crippen molar-refractivity contribution in [3.05, 3.63) is 65.2 Å². The second-order valence-electron chi connectivity index (χ2n) is 6.74. The summed E-state index contributed by atoms with van der Waals surface area (Å²) in [4.78, 5) is 13.9. The Balaban J connectivity index is 1.58. The van der Waals surface area contributed by atoms with Crippen LogP contribution in [0.5, 0.6) is 5.75 Å². The number of rotatable bonds is 4. The Hall–Kier alpha value is -2.53. The first kappa shape index (κ1) is 18.3. The van der Waals surface area contributed by atoms with Crippen LogP contribution in [-0.2, 0) is 11.3 Å². The van der Waals surface area contributed by atoms with Gasteiger partial charge in [0.1, 0.15) is 18.5 Å². The molecular weight excluding hydrogens is 330 g/mol. The van der Waals surface area contributed by atoms with Crippen molar-refractivity contribution in [2.75, 3.05) is 13.1 Å². The maximum absolute atomic E-state index is 12.3. The fourth-order valence-corrected chi connectivity index (χ4v) is 2.96. The van der Waals surface area contributed by atoms with Gasteiger partial charge in [0, 0.05) is 6.54 Å². The molecular formula is C21H25NO4. The largest absolute Gasteiger partial charge is 0.486 e. The summed E-state index contributed by atoms with van der Waals surface area (Å²) in [5.74, 6) is 0.705. The highest BCUT2D eigenvalue weighted by atomic mass is 16.6. The number of amides is 1. The van der Waals surface area contributed by atoms with Crippen LogP contribution in [-0.4, -0.2) is 41.4 Å². The number of nitrogens with zero attached hydrogens (tertiary/aromatic N) is 1. The summed E-state index contributed by atoms with van der Waals surface area (Å²) in [6.45, 7) is 5.07. The van der Waals surface area contributed by atoms with Crippen LogP contribution in [0.3, 0.4) is 0 Å². The zero-order chi connectivity index (χ0) is 18.5. The zero-order valence-corrected chi connectivity index (χ0v) is 15.2. The van der Waals surface area contributed by atoms with Crippen LogP contribution in [0.4, 0.5) is 4.79 Å². The molecule has 2 aromatic carbocycles. The number of aliphatic hydroxyl groups is 1. The molecule has 0 spiro atoms. The minimum atomic E-state index is -0.602. The molecule has 0 aliphatic carbocycles. The Morgan fingerprint density at radius 2 is 1.92 bits per heavy atom. The number of aryl methyl sites for hydroxylation is 2. The van der Waals surface area contributed by atoms with Crippen LogP contribution < -0.4 is 4.74 Å². The SMILES string of the molecule is Cc1ccc(O[C@H]2CN(C(=O)OCc3ccccc3)CC[C@@H]2O)cc1C. The molecule has 5 nitrogen and oxygen atoms in total. The predicted octanol–water partition coefficient (Wildman–Crippen LogP) is 3.45. The molecule has 138 valence electrons. The molecule has 0 radical (unpaired) electrons. The number of hydrogen-bond donors (Lipinski definition) is 1. The number of hydrogen-bond acceptors (Lipinski definition) is 4. The first-order valence-corrected chi connectivity index (χ1v) is 8.90. The van der Waals surface area contributed by atoms with Crippen molar-refractivity contribution in [1.82, 2.24) is 4.90 Å². The number of benzene rings is 2. The molecule has 1 heterocycles. The molecule has 0 bridgehead atoms. The van der Waals surface area contributed by atoms with Crippen LogP contribution in [0, 0.1) is 13.8 Å². The van der Waals surface area contributed by atoms with Crippen molar-refractivity contribution in [2.45, 2.75) is 39.1 Å². The van der Waals surface area contributed by atoms with E-state index >= 15 is 0 Å². The van der Waals surface area contributed by atoms with Gasteiger partial charge in [-0.2, -0.15) is 0 Å². The lowest BCUT2D eigenvalue weighted by Gasteiger charge is -2.35. The quantitative estimate of drug-likeness (QED) is 0.913. The van der Waals surface area contributed by atoms with Gasteiger partial charge in [0.15, 0.2) is 0 Å². The Kier molecular flexibility index (Phi) is 5.78. The van der Waals surface area contributed by atoms with E-state index in [0.29, 0.717) is 25.3 Å². The van der Waals surface area contributed by atoms with Crippen molar-refractivity contribution in [3.63, 3.8) is 0 Å². The highest BCUT2D eigenvalue weighted by Crippen LogP contribution is 2.22. The van der Waals surface area contributed by atoms with E-state index < -0.39 is 12.2 Å². The number of aliphatic hydroxyl groups excluding tert-OH is 1. The molecule has 1 N–H and O–H groups in total. The van der Waals surface area contributed by atoms with Crippen LogP contribution in [0.1, 0.15) is 23.1 Å². The summed E-state index contributed by atoms with van der Waals surface area (Å²) < 4.78 is 11.3. The number of ether oxygens (including phenoxy) is 2. The molecule has 1 aliphatic rings. The maximum Gasteiger partial charge on any atom is 0.410 e. The van der Waals surface area contributed by atoms with Crippen molar-refractivity contribution in [2.24, 2.45) is 0 Å². The Bertz CT molecular complexity index is 747. The van der Waals surface area contributed by atoms with Gasteiger partial charge in [-0.1, -0.05) is 36.4 Å². The Morgan fingerprint density at radius 1 is 1.15 bits per heavy atom. The van der Waals surface area contributed by atoms with Crippen LogP contribution in [0.25, 0.3) is 0 Å². The molecule has 3 rings (SSSR count). The third-order valence-corrected chi connectivity index (χ3v) is 4.75. The van der Waals surface area contributed by atoms with E-state index in [9.17, 15) is 9.90 Å². The highest BCUT2D eigenvalue weighted by molar-refractivity contribution is 5.67. The average molecular weight is 355 g/mol. The summed E-state index contributed by atoms with van der Waals surface area (Å²) in [6.07, 6.45) is -0.977. The summed E-state index contributed by atoms with van der Waals surface area (Å²) in [6, 6.07) is 15.4. The maximum atomic E-state index is 12.3. The summed E-state index contributed by atoms with van der Waals surface area (Å²) in [5, 5.41) is 10.3. The van der Waals surface area contributed by atoms with E-state index in [1.165, 1.54) is 5.56 Å². The summed E-state index contributed by atoms with van der Waals surface area (Å²) in [5.41, 5.74) is 3.26. The fraction of sp³-hybridized carbons (Fsp3) is 0.381. The molecule has 1 amide bonds. The molecule has 0 unspecified atom stereocenters. The molecule has 2 atom stereocenters. The highest BCUT2D eigenvalue weighted by Gasteiger charge is 2.32. The van der Waals surface area contributed by atoms with Gasteiger partial charge in [-0.05, 0) is 49.1 Å². The predicted molar refractivity (Wildman–Crippen MR) is 99.2 cm³/mol. The first-order valence-electron chi connectivity index (χ1n) is 8.90. The van der Waals surface area contributed by atoms with Crippen LogP contribution in [0.15, 0.2) is 48.5 Å². The Morgan fingerprint density at radius 3 is 2.65 bits per heavy atom. The van der Waals surface area contributed by atoms with E-state index in [0.717, 1.165) is 11.1 Å². The van der Waals surface area contributed by atoms with Gasteiger partial charge in [-0.25, -0.2) is 4.79 Å². The van der Waals surface area contributed by atoms with Crippen LogP contribution in [0.2, 0.25) is 0 Å². The van der Waals surface area contributed by atoms with E-state index in [2.05, 4.69) is 0 Å². The van der Waals surface area contributed by atoms with Crippen molar-refractivity contribution in [1.29, 1.82) is 0 Å². The first-order chi connectivity index (χ1) is 12.5. The normalized spacial score (nSPS) is 19.9. The van der Waals surface area contributed by atoms with E-state index in [1.54, 1.807) is 4.90 Å². The van der Waals surface area contributed by atoms with Crippen molar-refractivity contribution < 1.29 is 19.4 Å².